The number of rotatable bonds is 5. The topological polar surface area (TPSA) is 69.7 Å². The molecule has 2 saturated carbocycles. The SMILES string of the molecule is O=C(NC1CC1)C1CC(=O)N(C2CN(C(=O)C3(c4ccccc4)CC3)C2)C1. The Balaban J connectivity index is 1.18. The molecule has 2 aliphatic carbocycles. The van der Waals surface area contributed by atoms with E-state index in [-0.39, 0.29) is 35.1 Å². The van der Waals surface area contributed by atoms with Crippen molar-refractivity contribution in [3.8, 4) is 0 Å². The number of carbonyl (C=O) groups excluding carboxylic acids is 3. The lowest BCUT2D eigenvalue weighted by molar-refractivity contribution is -0.146. The number of carbonyl (C=O) groups is 3. The number of likely N-dealkylation sites (tertiary alicyclic amines) is 2. The third-order valence-electron chi connectivity index (χ3n) is 6.53. The largest absolute Gasteiger partial charge is 0.353 e. The monoisotopic (exact) mass is 367 g/mol. The summed E-state index contributed by atoms with van der Waals surface area (Å²) in [6.07, 6.45) is 4.22. The van der Waals surface area contributed by atoms with E-state index in [1.54, 1.807) is 0 Å². The highest BCUT2D eigenvalue weighted by molar-refractivity contribution is 5.93. The molecule has 1 unspecified atom stereocenters. The zero-order chi connectivity index (χ0) is 18.6. The minimum atomic E-state index is -0.339. The molecule has 0 radical (unpaired) electrons. The van der Waals surface area contributed by atoms with E-state index in [0.29, 0.717) is 32.1 Å². The number of amides is 3. The number of nitrogens with one attached hydrogen (secondary N) is 1. The normalized spacial score (nSPS) is 26.7. The van der Waals surface area contributed by atoms with Crippen LogP contribution in [0.5, 0.6) is 0 Å². The van der Waals surface area contributed by atoms with Crippen LogP contribution in [0.25, 0.3) is 0 Å². The highest BCUT2D eigenvalue weighted by Gasteiger charge is 2.55. The number of hydrogen-bond acceptors (Lipinski definition) is 3. The summed E-state index contributed by atoms with van der Waals surface area (Å²) in [5.74, 6) is 0.0235. The second kappa shape index (κ2) is 6.08. The van der Waals surface area contributed by atoms with Crippen molar-refractivity contribution in [2.24, 2.45) is 5.92 Å². The van der Waals surface area contributed by atoms with Gasteiger partial charge in [-0.1, -0.05) is 30.3 Å². The second-order valence-corrected chi connectivity index (χ2v) is 8.54. The van der Waals surface area contributed by atoms with Gasteiger partial charge in [-0.05, 0) is 31.2 Å². The summed E-state index contributed by atoms with van der Waals surface area (Å²) in [7, 11) is 0. The standard InChI is InChI=1S/C21H25N3O3/c25-18-10-14(19(26)22-16-6-7-16)11-24(18)17-12-23(13-17)20(27)21(8-9-21)15-4-2-1-3-5-15/h1-5,14,16-17H,6-13H2,(H,22,26). The van der Waals surface area contributed by atoms with E-state index in [1.807, 2.05) is 40.1 Å². The first-order valence-corrected chi connectivity index (χ1v) is 10.0. The van der Waals surface area contributed by atoms with Gasteiger partial charge in [0.15, 0.2) is 0 Å². The molecule has 5 rings (SSSR count). The molecular formula is C21H25N3O3. The van der Waals surface area contributed by atoms with E-state index in [0.717, 1.165) is 31.2 Å². The molecule has 1 atom stereocenters. The molecule has 27 heavy (non-hydrogen) atoms. The van der Waals surface area contributed by atoms with Crippen molar-refractivity contribution in [2.45, 2.75) is 49.6 Å². The smallest absolute Gasteiger partial charge is 0.233 e. The maximum atomic E-state index is 13.0. The zero-order valence-corrected chi connectivity index (χ0v) is 15.4. The van der Waals surface area contributed by atoms with Gasteiger partial charge in [0.25, 0.3) is 0 Å². The third-order valence-corrected chi connectivity index (χ3v) is 6.53. The van der Waals surface area contributed by atoms with Gasteiger partial charge in [-0.2, -0.15) is 0 Å². The molecule has 0 spiro atoms. The summed E-state index contributed by atoms with van der Waals surface area (Å²) >= 11 is 0. The predicted octanol–water partition coefficient (Wildman–Crippen LogP) is 1.06. The highest BCUT2D eigenvalue weighted by Crippen LogP contribution is 2.50. The fraction of sp³-hybridized carbons (Fsp3) is 0.571. The summed E-state index contributed by atoms with van der Waals surface area (Å²) in [6.45, 7) is 1.68. The summed E-state index contributed by atoms with van der Waals surface area (Å²) in [6, 6.07) is 10.4. The van der Waals surface area contributed by atoms with Crippen LogP contribution in [0.1, 0.15) is 37.7 Å². The minimum absolute atomic E-state index is 0.0154. The molecule has 1 aromatic rings. The molecule has 2 heterocycles. The number of nitrogens with zero attached hydrogens (tertiary/aromatic N) is 2. The third kappa shape index (κ3) is 2.91. The lowest BCUT2D eigenvalue weighted by atomic mass is 9.92. The molecule has 3 amide bonds. The highest BCUT2D eigenvalue weighted by atomic mass is 16.2. The average Bonchev–Trinajstić information content (AvgIpc) is 3.55. The van der Waals surface area contributed by atoms with E-state index in [9.17, 15) is 14.4 Å². The number of hydrogen-bond donors (Lipinski definition) is 1. The van der Waals surface area contributed by atoms with Gasteiger partial charge in [0.05, 0.1) is 17.4 Å². The molecular weight excluding hydrogens is 342 g/mol. The van der Waals surface area contributed by atoms with Crippen molar-refractivity contribution in [3.05, 3.63) is 35.9 Å². The van der Waals surface area contributed by atoms with Crippen molar-refractivity contribution in [2.75, 3.05) is 19.6 Å². The van der Waals surface area contributed by atoms with Gasteiger partial charge in [-0.15, -0.1) is 0 Å². The number of benzene rings is 1. The van der Waals surface area contributed by atoms with E-state index < -0.39 is 0 Å². The Bertz CT molecular complexity index is 779. The Morgan fingerprint density at radius 3 is 2.37 bits per heavy atom. The van der Waals surface area contributed by atoms with Crippen LogP contribution in [0.15, 0.2) is 30.3 Å². The Hall–Kier alpha value is -2.37. The first kappa shape index (κ1) is 16.8. The molecule has 0 aromatic heterocycles. The minimum Gasteiger partial charge on any atom is -0.353 e. The Morgan fingerprint density at radius 1 is 1.04 bits per heavy atom. The van der Waals surface area contributed by atoms with Crippen LogP contribution < -0.4 is 5.32 Å². The lowest BCUT2D eigenvalue weighted by Crippen LogP contribution is -2.63. The van der Waals surface area contributed by atoms with E-state index in [2.05, 4.69) is 5.32 Å². The summed E-state index contributed by atoms with van der Waals surface area (Å²) in [5.41, 5.74) is 0.765. The predicted molar refractivity (Wildman–Crippen MR) is 98.7 cm³/mol. The fourth-order valence-electron chi connectivity index (χ4n) is 4.44. The van der Waals surface area contributed by atoms with Gasteiger partial charge in [0.1, 0.15) is 0 Å². The fourth-order valence-corrected chi connectivity index (χ4v) is 4.44. The van der Waals surface area contributed by atoms with Crippen LogP contribution in [0.2, 0.25) is 0 Å². The maximum Gasteiger partial charge on any atom is 0.233 e. The first-order chi connectivity index (χ1) is 13.1. The second-order valence-electron chi connectivity index (χ2n) is 8.54. The van der Waals surface area contributed by atoms with Gasteiger partial charge in [0, 0.05) is 32.1 Å². The van der Waals surface area contributed by atoms with Gasteiger partial charge < -0.3 is 15.1 Å². The Morgan fingerprint density at radius 2 is 1.74 bits per heavy atom. The van der Waals surface area contributed by atoms with Crippen LogP contribution in [0, 0.1) is 5.92 Å². The molecule has 4 aliphatic rings. The molecule has 6 heteroatoms. The van der Waals surface area contributed by atoms with Gasteiger partial charge >= 0.3 is 0 Å². The quantitative estimate of drug-likeness (QED) is 0.846. The van der Waals surface area contributed by atoms with Crippen LogP contribution in [0.3, 0.4) is 0 Å². The van der Waals surface area contributed by atoms with Crippen molar-refractivity contribution in [1.29, 1.82) is 0 Å². The first-order valence-electron chi connectivity index (χ1n) is 10.0. The van der Waals surface area contributed by atoms with Crippen LogP contribution in [0.4, 0.5) is 0 Å². The lowest BCUT2D eigenvalue weighted by Gasteiger charge is -2.45. The van der Waals surface area contributed by atoms with Crippen LogP contribution in [-0.4, -0.2) is 59.2 Å². The molecule has 1 N–H and O–H groups in total. The zero-order valence-electron chi connectivity index (χ0n) is 15.4. The van der Waals surface area contributed by atoms with Crippen molar-refractivity contribution in [3.63, 3.8) is 0 Å². The van der Waals surface area contributed by atoms with Crippen LogP contribution in [-0.2, 0) is 19.8 Å². The van der Waals surface area contributed by atoms with Crippen LogP contribution >= 0.6 is 0 Å². The van der Waals surface area contributed by atoms with Gasteiger partial charge in [-0.25, -0.2) is 0 Å². The molecule has 0 bridgehead atoms. The van der Waals surface area contributed by atoms with Gasteiger partial charge in [0.2, 0.25) is 17.7 Å². The van der Waals surface area contributed by atoms with Gasteiger partial charge in [-0.3, -0.25) is 14.4 Å². The Labute approximate surface area is 158 Å². The summed E-state index contributed by atoms with van der Waals surface area (Å²) in [4.78, 5) is 41.3. The molecule has 2 aliphatic heterocycles. The maximum absolute atomic E-state index is 13.0. The summed E-state index contributed by atoms with van der Waals surface area (Å²) in [5, 5.41) is 3.00. The molecule has 2 saturated heterocycles. The molecule has 4 fully saturated rings. The van der Waals surface area contributed by atoms with Crippen molar-refractivity contribution >= 4 is 17.7 Å². The molecule has 1 aromatic carbocycles. The molecule has 142 valence electrons. The van der Waals surface area contributed by atoms with Crippen molar-refractivity contribution < 1.29 is 14.4 Å². The van der Waals surface area contributed by atoms with Crippen molar-refractivity contribution in [1.82, 2.24) is 15.1 Å². The van der Waals surface area contributed by atoms with E-state index in [4.69, 9.17) is 0 Å². The summed E-state index contributed by atoms with van der Waals surface area (Å²) < 4.78 is 0. The van der Waals surface area contributed by atoms with E-state index >= 15 is 0 Å². The Kier molecular flexibility index (Phi) is 3.78. The van der Waals surface area contributed by atoms with E-state index in [1.165, 1.54) is 0 Å². The molecule has 6 nitrogen and oxygen atoms in total. The average molecular weight is 367 g/mol.